The summed E-state index contributed by atoms with van der Waals surface area (Å²) in [5.74, 6) is -0.694. The van der Waals surface area contributed by atoms with Gasteiger partial charge in [-0.25, -0.2) is 4.39 Å². The molecule has 0 unspecified atom stereocenters. The van der Waals surface area contributed by atoms with Crippen molar-refractivity contribution >= 4 is 23.0 Å². The topological polar surface area (TPSA) is 67.1 Å². The summed E-state index contributed by atoms with van der Waals surface area (Å²) >= 11 is 0. The van der Waals surface area contributed by atoms with Gasteiger partial charge < -0.3 is 16.4 Å². The lowest BCUT2D eigenvalue weighted by molar-refractivity contribution is -0.348. The van der Waals surface area contributed by atoms with E-state index < -0.39 is 29.5 Å². The number of halogens is 7. The van der Waals surface area contributed by atoms with Crippen molar-refractivity contribution in [2.45, 2.75) is 38.8 Å². The zero-order valence-electron chi connectivity index (χ0n) is 16.7. The average Bonchev–Trinajstić information content (AvgIpc) is 2.63. The standard InChI is InChI=1S/C20H20F7N3O/c1-4-29-15-6-5-13(28)9-14(15)17(31)30-16-10(2)7-12(8-11(16)3)18(21,19(22,23)24)20(25,26)27/h5-9,29H,4,28H2,1-3H3,(H,30,31). The maximum Gasteiger partial charge on any atom is 0.435 e. The molecule has 0 aromatic heterocycles. The highest BCUT2D eigenvalue weighted by Gasteiger charge is 2.73. The molecule has 0 saturated carbocycles. The van der Waals surface area contributed by atoms with Crippen molar-refractivity contribution in [2.75, 3.05) is 22.9 Å². The van der Waals surface area contributed by atoms with Crippen molar-refractivity contribution in [3.63, 3.8) is 0 Å². The number of amides is 1. The van der Waals surface area contributed by atoms with Gasteiger partial charge in [0, 0.05) is 29.2 Å². The SMILES string of the molecule is CCNc1ccc(N)cc1C(=O)Nc1c(C)cc(C(F)(C(F)(F)F)C(F)(F)F)cc1C. The molecule has 31 heavy (non-hydrogen) atoms. The van der Waals surface area contributed by atoms with Crippen LogP contribution in [0.1, 0.15) is 34.0 Å². The lowest BCUT2D eigenvalue weighted by atomic mass is 9.90. The molecular formula is C20H20F7N3O. The summed E-state index contributed by atoms with van der Waals surface area (Å²) in [7, 11) is 0. The highest BCUT2D eigenvalue weighted by atomic mass is 19.4. The van der Waals surface area contributed by atoms with Crippen LogP contribution in [0.3, 0.4) is 0 Å². The molecule has 2 aromatic rings. The molecule has 0 atom stereocenters. The lowest BCUT2D eigenvalue weighted by Gasteiger charge is -2.31. The van der Waals surface area contributed by atoms with Crippen molar-refractivity contribution in [2.24, 2.45) is 0 Å². The van der Waals surface area contributed by atoms with Gasteiger partial charge in [-0.1, -0.05) is 12.1 Å². The predicted molar refractivity (Wildman–Crippen MR) is 104 cm³/mol. The molecule has 0 radical (unpaired) electrons. The Bertz CT molecular complexity index is 947. The molecule has 0 saturated heterocycles. The fraction of sp³-hybridized carbons (Fsp3) is 0.350. The zero-order valence-corrected chi connectivity index (χ0v) is 16.7. The highest BCUT2D eigenvalue weighted by molar-refractivity contribution is 6.09. The van der Waals surface area contributed by atoms with Crippen LogP contribution in [-0.2, 0) is 5.67 Å². The maximum atomic E-state index is 14.4. The van der Waals surface area contributed by atoms with E-state index in [0.717, 1.165) is 0 Å². The average molecular weight is 451 g/mol. The molecule has 0 aliphatic carbocycles. The first-order valence-corrected chi connectivity index (χ1v) is 9.02. The molecule has 11 heteroatoms. The van der Waals surface area contributed by atoms with Crippen LogP contribution in [0.4, 0.5) is 47.8 Å². The van der Waals surface area contributed by atoms with Crippen molar-refractivity contribution in [3.05, 3.63) is 52.6 Å². The molecule has 0 spiro atoms. The molecular weight excluding hydrogens is 431 g/mol. The van der Waals surface area contributed by atoms with Crippen molar-refractivity contribution in [1.29, 1.82) is 0 Å². The lowest BCUT2D eigenvalue weighted by Crippen LogP contribution is -2.50. The van der Waals surface area contributed by atoms with E-state index in [0.29, 0.717) is 24.4 Å². The van der Waals surface area contributed by atoms with E-state index in [4.69, 9.17) is 5.73 Å². The van der Waals surface area contributed by atoms with Crippen LogP contribution in [0, 0.1) is 13.8 Å². The quantitative estimate of drug-likeness (QED) is 0.394. The molecule has 0 heterocycles. The Kier molecular flexibility index (Phi) is 6.48. The summed E-state index contributed by atoms with van der Waals surface area (Å²) < 4.78 is 92.7. The summed E-state index contributed by atoms with van der Waals surface area (Å²) in [5.41, 5.74) is -1.03. The number of aryl methyl sites for hydroxylation is 2. The van der Waals surface area contributed by atoms with Gasteiger partial charge in [-0.2, -0.15) is 26.3 Å². The molecule has 4 N–H and O–H groups in total. The van der Waals surface area contributed by atoms with Crippen LogP contribution in [0.15, 0.2) is 30.3 Å². The first-order chi connectivity index (χ1) is 14.1. The van der Waals surface area contributed by atoms with Crippen LogP contribution < -0.4 is 16.4 Å². The Labute approximate surface area is 173 Å². The Morgan fingerprint density at radius 3 is 1.90 bits per heavy atom. The van der Waals surface area contributed by atoms with Crippen molar-refractivity contribution < 1.29 is 35.5 Å². The maximum absolute atomic E-state index is 14.4. The van der Waals surface area contributed by atoms with Crippen LogP contribution in [0.5, 0.6) is 0 Å². The van der Waals surface area contributed by atoms with Gasteiger partial charge in [0.15, 0.2) is 0 Å². The predicted octanol–water partition coefficient (Wildman–Crippen LogP) is 5.86. The summed E-state index contributed by atoms with van der Waals surface area (Å²) in [6.45, 7) is 4.60. The molecule has 0 bridgehead atoms. The number of anilines is 3. The van der Waals surface area contributed by atoms with E-state index in [1.165, 1.54) is 19.9 Å². The van der Waals surface area contributed by atoms with Crippen LogP contribution in [-0.4, -0.2) is 24.8 Å². The van der Waals surface area contributed by atoms with E-state index in [2.05, 4.69) is 10.6 Å². The van der Waals surface area contributed by atoms with E-state index in [1.807, 2.05) is 0 Å². The summed E-state index contributed by atoms with van der Waals surface area (Å²) in [5, 5.41) is 5.40. The Morgan fingerprint density at radius 1 is 0.935 bits per heavy atom. The number of nitrogens with one attached hydrogen (secondary N) is 2. The number of alkyl halides is 7. The second-order valence-electron chi connectivity index (χ2n) is 6.93. The first kappa shape index (κ1) is 24.3. The zero-order chi connectivity index (χ0) is 23.8. The van der Waals surface area contributed by atoms with Crippen molar-refractivity contribution in [3.8, 4) is 0 Å². The largest absolute Gasteiger partial charge is 0.435 e. The monoisotopic (exact) mass is 451 g/mol. The number of carbonyl (C=O) groups excluding carboxylic acids is 1. The minimum atomic E-state index is -6.23. The molecule has 4 nitrogen and oxygen atoms in total. The Morgan fingerprint density at radius 2 is 1.45 bits per heavy atom. The molecule has 0 aliphatic rings. The summed E-state index contributed by atoms with van der Waals surface area (Å²) in [4.78, 5) is 12.7. The minimum absolute atomic E-state index is 0.0367. The van der Waals surface area contributed by atoms with Gasteiger partial charge in [0.05, 0.1) is 5.56 Å². The number of hydrogen-bond donors (Lipinski definition) is 3. The molecule has 170 valence electrons. The number of nitrogen functional groups attached to an aromatic ring is 1. The van der Waals surface area contributed by atoms with Gasteiger partial charge in [-0.15, -0.1) is 0 Å². The summed E-state index contributed by atoms with van der Waals surface area (Å²) in [6, 6.07) is 5.32. The molecule has 2 aromatic carbocycles. The van der Waals surface area contributed by atoms with E-state index in [1.54, 1.807) is 19.1 Å². The summed E-state index contributed by atoms with van der Waals surface area (Å²) in [6.07, 6.45) is -12.5. The minimum Gasteiger partial charge on any atom is -0.399 e. The fourth-order valence-electron chi connectivity index (χ4n) is 3.12. The number of hydrogen-bond acceptors (Lipinski definition) is 3. The molecule has 2 rings (SSSR count). The molecule has 0 aliphatic heterocycles. The Balaban J connectivity index is 2.51. The van der Waals surface area contributed by atoms with Gasteiger partial charge >= 0.3 is 18.0 Å². The second kappa shape index (κ2) is 8.27. The normalized spacial score (nSPS) is 12.6. The number of nitrogens with two attached hydrogens (primary N) is 1. The van der Waals surface area contributed by atoms with Crippen LogP contribution in [0.25, 0.3) is 0 Å². The molecule has 0 fully saturated rings. The van der Waals surface area contributed by atoms with Gasteiger partial charge in [0.25, 0.3) is 5.91 Å². The molecule has 1 amide bonds. The number of rotatable bonds is 5. The van der Waals surface area contributed by atoms with Crippen LogP contribution in [0.2, 0.25) is 0 Å². The highest BCUT2D eigenvalue weighted by Crippen LogP contribution is 2.53. The van der Waals surface area contributed by atoms with E-state index in [9.17, 15) is 35.5 Å². The van der Waals surface area contributed by atoms with Gasteiger partial charge in [-0.3, -0.25) is 4.79 Å². The van der Waals surface area contributed by atoms with Crippen LogP contribution >= 0.6 is 0 Å². The smallest absolute Gasteiger partial charge is 0.399 e. The van der Waals surface area contributed by atoms with E-state index >= 15 is 0 Å². The van der Waals surface area contributed by atoms with Gasteiger partial charge in [-0.05, 0) is 50.1 Å². The van der Waals surface area contributed by atoms with Gasteiger partial charge in [0.1, 0.15) is 0 Å². The third-order valence-corrected chi connectivity index (χ3v) is 4.61. The van der Waals surface area contributed by atoms with E-state index in [-0.39, 0.29) is 28.1 Å². The third kappa shape index (κ3) is 4.54. The first-order valence-electron chi connectivity index (χ1n) is 9.02. The van der Waals surface area contributed by atoms with Gasteiger partial charge in [0.2, 0.25) is 0 Å². The van der Waals surface area contributed by atoms with Crippen molar-refractivity contribution in [1.82, 2.24) is 0 Å². The number of carbonyl (C=O) groups is 1. The third-order valence-electron chi connectivity index (χ3n) is 4.61. The fourth-order valence-corrected chi connectivity index (χ4v) is 3.12. The Hall–Kier alpha value is -2.98. The second-order valence-corrected chi connectivity index (χ2v) is 6.93. The number of benzene rings is 2.